The smallest absolute Gasteiger partial charge is 0.240 e. The van der Waals surface area contributed by atoms with Crippen LogP contribution < -0.4 is 0 Å². The Labute approximate surface area is 97.1 Å². The van der Waals surface area contributed by atoms with Crippen molar-refractivity contribution in [2.24, 2.45) is 0 Å². The van der Waals surface area contributed by atoms with Gasteiger partial charge in [-0.25, -0.2) is 0 Å². The van der Waals surface area contributed by atoms with Gasteiger partial charge in [0.2, 0.25) is 5.91 Å². The largest absolute Gasteiger partial charge is 0.338 e. The molecule has 1 saturated carbocycles. The van der Waals surface area contributed by atoms with E-state index in [0.29, 0.717) is 11.9 Å². The second-order valence-electron chi connectivity index (χ2n) is 5.39. The summed E-state index contributed by atoms with van der Waals surface area (Å²) in [6.07, 6.45) is 5.80. The lowest BCUT2D eigenvalue weighted by Gasteiger charge is -2.32. The van der Waals surface area contributed by atoms with Gasteiger partial charge in [0, 0.05) is 19.1 Å². The summed E-state index contributed by atoms with van der Waals surface area (Å²) < 4.78 is 0. The second kappa shape index (κ2) is 3.88. The Hall–Kier alpha value is -0.830. The lowest BCUT2D eigenvalue weighted by Crippen LogP contribution is -2.45. The predicted octanol–water partition coefficient (Wildman–Crippen LogP) is 1.40. The summed E-state index contributed by atoms with van der Waals surface area (Å²) in [4.78, 5) is 16.7. The molecule has 16 heavy (non-hydrogen) atoms. The van der Waals surface area contributed by atoms with E-state index in [2.05, 4.69) is 16.4 Å². The van der Waals surface area contributed by atoms with Crippen molar-refractivity contribution in [2.75, 3.05) is 19.6 Å². The SMILES string of the molecule is C=C1CCCN(C2CCN(C3CC3)C2=O)C1. The Kier molecular flexibility index (Phi) is 2.51. The predicted molar refractivity (Wildman–Crippen MR) is 63.1 cm³/mol. The highest BCUT2D eigenvalue weighted by atomic mass is 16.2. The summed E-state index contributed by atoms with van der Waals surface area (Å²) in [6, 6.07) is 0.753. The number of carbonyl (C=O) groups excluding carboxylic acids is 1. The molecular weight excluding hydrogens is 200 g/mol. The van der Waals surface area contributed by atoms with Gasteiger partial charge >= 0.3 is 0 Å². The number of piperidine rings is 1. The van der Waals surface area contributed by atoms with Crippen LogP contribution in [0.5, 0.6) is 0 Å². The molecule has 3 rings (SSSR count). The van der Waals surface area contributed by atoms with Gasteiger partial charge in [0.25, 0.3) is 0 Å². The highest BCUT2D eigenvalue weighted by molar-refractivity contribution is 5.84. The monoisotopic (exact) mass is 220 g/mol. The third-order valence-electron chi connectivity index (χ3n) is 4.04. The van der Waals surface area contributed by atoms with E-state index in [1.807, 2.05) is 0 Å². The van der Waals surface area contributed by atoms with Crippen LogP contribution in [-0.2, 0) is 4.79 Å². The van der Waals surface area contributed by atoms with Gasteiger partial charge in [0.1, 0.15) is 0 Å². The first-order valence-corrected chi connectivity index (χ1v) is 6.47. The summed E-state index contributed by atoms with van der Waals surface area (Å²) in [5, 5.41) is 0. The summed E-state index contributed by atoms with van der Waals surface area (Å²) >= 11 is 0. The number of likely N-dealkylation sites (tertiary alicyclic amines) is 2. The van der Waals surface area contributed by atoms with Gasteiger partial charge in [-0.05, 0) is 38.6 Å². The maximum Gasteiger partial charge on any atom is 0.240 e. The van der Waals surface area contributed by atoms with Crippen LogP contribution in [0.3, 0.4) is 0 Å². The average Bonchev–Trinajstić information content (AvgIpc) is 3.03. The Bertz CT molecular complexity index is 322. The van der Waals surface area contributed by atoms with Crippen molar-refractivity contribution in [3.63, 3.8) is 0 Å². The molecule has 88 valence electrons. The molecule has 0 radical (unpaired) electrons. The number of rotatable bonds is 2. The minimum Gasteiger partial charge on any atom is -0.338 e. The Morgan fingerprint density at radius 1 is 1.19 bits per heavy atom. The molecule has 1 amide bonds. The van der Waals surface area contributed by atoms with Crippen LogP contribution in [0.15, 0.2) is 12.2 Å². The zero-order valence-corrected chi connectivity index (χ0v) is 9.82. The van der Waals surface area contributed by atoms with Crippen molar-refractivity contribution in [3.05, 3.63) is 12.2 Å². The van der Waals surface area contributed by atoms with Crippen molar-refractivity contribution in [3.8, 4) is 0 Å². The zero-order valence-electron chi connectivity index (χ0n) is 9.82. The van der Waals surface area contributed by atoms with E-state index < -0.39 is 0 Å². The van der Waals surface area contributed by atoms with Crippen molar-refractivity contribution in [1.82, 2.24) is 9.80 Å². The van der Waals surface area contributed by atoms with E-state index in [9.17, 15) is 4.79 Å². The molecule has 0 aromatic heterocycles. The van der Waals surface area contributed by atoms with E-state index >= 15 is 0 Å². The number of nitrogens with zero attached hydrogens (tertiary/aromatic N) is 2. The van der Waals surface area contributed by atoms with Crippen LogP contribution in [0.1, 0.15) is 32.1 Å². The van der Waals surface area contributed by atoms with Crippen LogP contribution in [0.25, 0.3) is 0 Å². The molecule has 2 aliphatic heterocycles. The lowest BCUT2D eigenvalue weighted by atomic mass is 10.0. The van der Waals surface area contributed by atoms with Crippen molar-refractivity contribution in [2.45, 2.75) is 44.2 Å². The Morgan fingerprint density at radius 2 is 2.00 bits per heavy atom. The summed E-state index contributed by atoms with van der Waals surface area (Å²) in [5.41, 5.74) is 1.30. The van der Waals surface area contributed by atoms with Crippen LogP contribution >= 0.6 is 0 Å². The molecule has 0 N–H and O–H groups in total. The highest BCUT2D eigenvalue weighted by Crippen LogP contribution is 2.32. The molecule has 1 aliphatic carbocycles. The number of hydrogen-bond acceptors (Lipinski definition) is 2. The molecule has 0 aromatic carbocycles. The van der Waals surface area contributed by atoms with E-state index in [1.54, 1.807) is 0 Å². The highest BCUT2D eigenvalue weighted by Gasteiger charge is 2.42. The van der Waals surface area contributed by atoms with Crippen molar-refractivity contribution >= 4 is 5.91 Å². The molecule has 0 aromatic rings. The molecule has 1 unspecified atom stereocenters. The first-order valence-electron chi connectivity index (χ1n) is 6.47. The maximum atomic E-state index is 12.2. The summed E-state index contributed by atoms with van der Waals surface area (Å²) in [6.45, 7) is 7.06. The van der Waals surface area contributed by atoms with E-state index in [1.165, 1.54) is 24.8 Å². The van der Waals surface area contributed by atoms with E-state index in [-0.39, 0.29) is 6.04 Å². The molecule has 3 aliphatic rings. The average molecular weight is 220 g/mol. The van der Waals surface area contributed by atoms with Gasteiger partial charge in [-0.2, -0.15) is 0 Å². The molecule has 2 saturated heterocycles. The summed E-state index contributed by atoms with van der Waals surface area (Å²) in [7, 11) is 0. The molecule has 2 heterocycles. The fourth-order valence-electron chi connectivity index (χ4n) is 3.02. The first kappa shape index (κ1) is 10.3. The first-order chi connectivity index (χ1) is 7.75. The third-order valence-corrected chi connectivity index (χ3v) is 4.04. The summed E-state index contributed by atoms with van der Waals surface area (Å²) in [5.74, 6) is 0.386. The Morgan fingerprint density at radius 3 is 2.69 bits per heavy atom. The minimum atomic E-state index is 0.164. The fourth-order valence-corrected chi connectivity index (χ4v) is 3.02. The standard InChI is InChI=1S/C13H20N2O/c1-10-3-2-7-14(9-10)12-6-8-15(13(12)16)11-4-5-11/h11-12H,1-9H2. The van der Waals surface area contributed by atoms with Crippen molar-refractivity contribution in [1.29, 1.82) is 0 Å². The molecule has 0 bridgehead atoms. The van der Waals surface area contributed by atoms with Gasteiger partial charge in [-0.1, -0.05) is 12.2 Å². The quantitative estimate of drug-likeness (QED) is 0.657. The molecule has 1 atom stereocenters. The van der Waals surface area contributed by atoms with Crippen molar-refractivity contribution < 1.29 is 4.79 Å². The second-order valence-corrected chi connectivity index (χ2v) is 5.39. The number of amides is 1. The van der Waals surface area contributed by atoms with Crippen LogP contribution in [0.2, 0.25) is 0 Å². The normalized spacial score (nSPS) is 32.5. The van der Waals surface area contributed by atoms with Gasteiger partial charge in [0.05, 0.1) is 6.04 Å². The lowest BCUT2D eigenvalue weighted by molar-refractivity contribution is -0.132. The van der Waals surface area contributed by atoms with E-state index in [4.69, 9.17) is 0 Å². The van der Waals surface area contributed by atoms with Crippen LogP contribution in [-0.4, -0.2) is 47.4 Å². The molecule has 3 fully saturated rings. The number of carbonyl (C=O) groups is 1. The minimum absolute atomic E-state index is 0.164. The maximum absolute atomic E-state index is 12.2. The fraction of sp³-hybridized carbons (Fsp3) is 0.769. The van der Waals surface area contributed by atoms with Gasteiger partial charge in [-0.15, -0.1) is 0 Å². The zero-order chi connectivity index (χ0) is 11.1. The molecular formula is C13H20N2O. The van der Waals surface area contributed by atoms with Gasteiger partial charge < -0.3 is 4.90 Å². The van der Waals surface area contributed by atoms with Gasteiger partial charge in [-0.3, -0.25) is 9.69 Å². The molecule has 3 nitrogen and oxygen atoms in total. The van der Waals surface area contributed by atoms with Gasteiger partial charge in [0.15, 0.2) is 0 Å². The number of hydrogen-bond donors (Lipinski definition) is 0. The van der Waals surface area contributed by atoms with E-state index in [0.717, 1.165) is 32.5 Å². The third kappa shape index (κ3) is 1.77. The molecule has 0 spiro atoms. The topological polar surface area (TPSA) is 23.6 Å². The Balaban J connectivity index is 1.66. The van der Waals surface area contributed by atoms with Crippen LogP contribution in [0.4, 0.5) is 0 Å². The van der Waals surface area contributed by atoms with Crippen LogP contribution in [0, 0.1) is 0 Å². The molecule has 3 heteroatoms.